The molecule has 0 amide bonds. The minimum absolute atomic E-state index is 0.0156. The van der Waals surface area contributed by atoms with Crippen LogP contribution in [-0.2, 0) is 19.1 Å². The molecule has 130 valence electrons. The number of carbonyl (C=O) groups is 2. The molecule has 25 heavy (non-hydrogen) atoms. The number of carbonyl (C=O) groups excluding carboxylic acids is 2. The number of ketones is 2. The van der Waals surface area contributed by atoms with Crippen LogP contribution in [0.4, 0.5) is 0 Å². The minimum atomic E-state index is -0.414. The normalized spacial score (nSPS) is 45.9. The number of hydrogen-bond acceptors (Lipinski definition) is 4. The number of fused-ring (bicyclic) bond motifs is 11. The van der Waals surface area contributed by atoms with Gasteiger partial charge in [0.25, 0.3) is 0 Å². The summed E-state index contributed by atoms with van der Waals surface area (Å²) in [4.78, 5) is 25.0. The Hall–Kier alpha value is -1.52. The molecule has 6 rings (SSSR count). The van der Waals surface area contributed by atoms with E-state index in [-0.39, 0.29) is 41.2 Å². The summed E-state index contributed by atoms with van der Waals surface area (Å²) in [6.07, 6.45) is 13.3. The van der Waals surface area contributed by atoms with Crippen molar-refractivity contribution in [2.45, 2.75) is 62.9 Å². The number of rotatable bonds is 0. The number of hydrogen-bond donors (Lipinski definition) is 0. The molecule has 2 fully saturated rings. The van der Waals surface area contributed by atoms with Crippen molar-refractivity contribution in [1.29, 1.82) is 0 Å². The predicted octanol–water partition coefficient (Wildman–Crippen LogP) is 2.68. The van der Waals surface area contributed by atoms with Crippen molar-refractivity contribution >= 4 is 11.6 Å². The SMILES string of the molecule is O=C1C=C[C@H]2O[C@@H]1C1=C(C3C(C1)[C@@H]1C=CC(=O)[C@H]3O1)C21CCCCC1. The summed E-state index contributed by atoms with van der Waals surface area (Å²) < 4.78 is 12.4. The highest BCUT2D eigenvalue weighted by Crippen LogP contribution is 2.63. The van der Waals surface area contributed by atoms with Crippen molar-refractivity contribution in [3.8, 4) is 0 Å². The van der Waals surface area contributed by atoms with E-state index >= 15 is 0 Å². The maximum absolute atomic E-state index is 12.5. The smallest absolute Gasteiger partial charge is 0.188 e. The first kappa shape index (κ1) is 14.6. The maximum atomic E-state index is 12.5. The Bertz CT molecular complexity index is 767. The highest BCUT2D eigenvalue weighted by Gasteiger charge is 2.63. The highest BCUT2D eigenvalue weighted by molar-refractivity contribution is 5.98. The fourth-order valence-electron chi connectivity index (χ4n) is 6.57. The lowest BCUT2D eigenvalue weighted by atomic mass is 9.59. The van der Waals surface area contributed by atoms with E-state index in [1.54, 1.807) is 12.2 Å². The standard InChI is InChI=1S/C21H22O4/c22-13-5-7-16-21(8-2-1-3-9-21)18-12(19(13)25-16)10-11-15-6-4-14(23)20(24-15)17(11)18/h4-7,11,15-17,19-20H,1-3,8-10H2/t11?,15-,16+,17?,19+,20+/m0/s1. The van der Waals surface area contributed by atoms with Gasteiger partial charge in [-0.25, -0.2) is 0 Å². The van der Waals surface area contributed by atoms with E-state index in [1.807, 2.05) is 12.2 Å². The topological polar surface area (TPSA) is 52.6 Å². The summed E-state index contributed by atoms with van der Waals surface area (Å²) in [5.74, 6) is 0.616. The zero-order chi connectivity index (χ0) is 16.8. The molecule has 0 aromatic heterocycles. The van der Waals surface area contributed by atoms with Gasteiger partial charge in [0.1, 0.15) is 12.2 Å². The molecule has 6 atom stereocenters. The molecule has 1 saturated carbocycles. The van der Waals surface area contributed by atoms with E-state index in [2.05, 4.69) is 0 Å². The van der Waals surface area contributed by atoms with Gasteiger partial charge in [-0.3, -0.25) is 9.59 Å². The second-order valence-corrected chi connectivity index (χ2v) is 8.53. The van der Waals surface area contributed by atoms with Gasteiger partial charge >= 0.3 is 0 Å². The van der Waals surface area contributed by atoms with Gasteiger partial charge in [0.2, 0.25) is 0 Å². The molecule has 0 radical (unpaired) electrons. The monoisotopic (exact) mass is 338 g/mol. The zero-order valence-corrected chi connectivity index (χ0v) is 14.1. The molecule has 4 nitrogen and oxygen atoms in total. The van der Waals surface area contributed by atoms with Crippen molar-refractivity contribution in [3.05, 3.63) is 35.5 Å². The van der Waals surface area contributed by atoms with Gasteiger partial charge in [-0.05, 0) is 37.0 Å². The van der Waals surface area contributed by atoms with Crippen molar-refractivity contribution in [1.82, 2.24) is 0 Å². The van der Waals surface area contributed by atoms with E-state index in [9.17, 15) is 9.59 Å². The summed E-state index contributed by atoms with van der Waals surface area (Å²) in [6.45, 7) is 0. The van der Waals surface area contributed by atoms with Crippen LogP contribution >= 0.6 is 0 Å². The van der Waals surface area contributed by atoms with Crippen LogP contribution in [0.3, 0.4) is 0 Å². The summed E-state index contributed by atoms with van der Waals surface area (Å²) in [5, 5.41) is 0. The average Bonchev–Trinajstić information content (AvgIpc) is 3.16. The Morgan fingerprint density at radius 2 is 1.76 bits per heavy atom. The van der Waals surface area contributed by atoms with Crippen LogP contribution in [0.5, 0.6) is 0 Å². The highest BCUT2D eigenvalue weighted by atomic mass is 16.5. The molecule has 6 aliphatic rings. The lowest BCUT2D eigenvalue weighted by molar-refractivity contribution is -0.136. The van der Waals surface area contributed by atoms with E-state index in [0.29, 0.717) is 5.92 Å². The van der Waals surface area contributed by atoms with Gasteiger partial charge in [0.05, 0.1) is 12.2 Å². The molecule has 4 aliphatic heterocycles. The van der Waals surface area contributed by atoms with Gasteiger partial charge in [-0.2, -0.15) is 0 Å². The Morgan fingerprint density at radius 1 is 0.960 bits per heavy atom. The van der Waals surface area contributed by atoms with E-state index < -0.39 is 6.10 Å². The molecule has 2 unspecified atom stereocenters. The second kappa shape index (κ2) is 4.80. The molecule has 4 heteroatoms. The molecule has 2 aliphatic carbocycles. The fourth-order valence-corrected chi connectivity index (χ4v) is 6.57. The van der Waals surface area contributed by atoms with E-state index in [1.165, 1.54) is 30.4 Å². The Kier molecular flexibility index (Phi) is 2.81. The molecule has 0 N–H and O–H groups in total. The van der Waals surface area contributed by atoms with Crippen LogP contribution < -0.4 is 0 Å². The summed E-state index contributed by atoms with van der Waals surface area (Å²) in [6, 6.07) is 0. The van der Waals surface area contributed by atoms with Gasteiger partial charge < -0.3 is 9.47 Å². The fraction of sp³-hybridized carbons (Fsp3) is 0.619. The minimum Gasteiger partial charge on any atom is -0.362 e. The van der Waals surface area contributed by atoms with Gasteiger partial charge in [0.15, 0.2) is 11.6 Å². The third kappa shape index (κ3) is 1.70. The van der Waals surface area contributed by atoms with Gasteiger partial charge in [-0.15, -0.1) is 0 Å². The summed E-state index contributed by atoms with van der Waals surface area (Å²) in [7, 11) is 0. The van der Waals surface area contributed by atoms with Crippen molar-refractivity contribution < 1.29 is 19.1 Å². The van der Waals surface area contributed by atoms with E-state index in [0.717, 1.165) is 19.3 Å². The Balaban J connectivity index is 1.54. The lowest BCUT2D eigenvalue weighted by Crippen LogP contribution is -2.52. The molecule has 4 bridgehead atoms. The lowest BCUT2D eigenvalue weighted by Gasteiger charge is -2.51. The van der Waals surface area contributed by atoms with Gasteiger partial charge in [0, 0.05) is 17.3 Å². The van der Waals surface area contributed by atoms with Crippen LogP contribution in [0.15, 0.2) is 35.5 Å². The van der Waals surface area contributed by atoms with E-state index in [4.69, 9.17) is 9.47 Å². The van der Waals surface area contributed by atoms with Crippen LogP contribution in [0.25, 0.3) is 0 Å². The first-order valence-electron chi connectivity index (χ1n) is 9.67. The first-order chi connectivity index (χ1) is 12.2. The Labute approximate surface area is 146 Å². The molecule has 1 saturated heterocycles. The van der Waals surface area contributed by atoms with Crippen LogP contribution in [-0.4, -0.2) is 36.0 Å². The zero-order valence-electron chi connectivity index (χ0n) is 14.1. The molecular formula is C21H22O4. The summed E-state index contributed by atoms with van der Waals surface area (Å²) in [5.41, 5.74) is 2.56. The van der Waals surface area contributed by atoms with Crippen LogP contribution in [0, 0.1) is 17.3 Å². The molecule has 0 aromatic rings. The van der Waals surface area contributed by atoms with Gasteiger partial charge in [-0.1, -0.05) is 37.0 Å². The van der Waals surface area contributed by atoms with Crippen LogP contribution in [0.1, 0.15) is 38.5 Å². The first-order valence-corrected chi connectivity index (χ1v) is 9.67. The van der Waals surface area contributed by atoms with Crippen LogP contribution in [0.2, 0.25) is 0 Å². The molecule has 4 heterocycles. The van der Waals surface area contributed by atoms with Crippen molar-refractivity contribution in [2.75, 3.05) is 0 Å². The second-order valence-electron chi connectivity index (χ2n) is 8.53. The molecular weight excluding hydrogens is 316 g/mol. The third-order valence-corrected chi connectivity index (χ3v) is 7.50. The maximum Gasteiger partial charge on any atom is 0.188 e. The number of ether oxygens (including phenoxy) is 2. The quantitative estimate of drug-likeness (QED) is 0.637. The molecule has 0 aromatic carbocycles. The van der Waals surface area contributed by atoms with Crippen molar-refractivity contribution in [2.24, 2.45) is 17.3 Å². The summed E-state index contributed by atoms with van der Waals surface area (Å²) >= 11 is 0. The largest absolute Gasteiger partial charge is 0.362 e. The Morgan fingerprint density at radius 3 is 2.60 bits per heavy atom. The average molecular weight is 338 g/mol. The molecule has 1 spiro atoms. The van der Waals surface area contributed by atoms with Crippen molar-refractivity contribution in [3.63, 3.8) is 0 Å². The predicted molar refractivity (Wildman–Crippen MR) is 89.8 cm³/mol. The third-order valence-electron chi connectivity index (χ3n) is 7.50.